The summed E-state index contributed by atoms with van der Waals surface area (Å²) in [4.78, 5) is 12.2. The van der Waals surface area contributed by atoms with Crippen molar-refractivity contribution in [2.75, 3.05) is 11.9 Å². The van der Waals surface area contributed by atoms with E-state index in [0.717, 1.165) is 38.0 Å². The van der Waals surface area contributed by atoms with Crippen molar-refractivity contribution in [2.24, 2.45) is 5.73 Å². The monoisotopic (exact) mass is 347 g/mol. The van der Waals surface area contributed by atoms with Gasteiger partial charge in [0, 0.05) is 24.3 Å². The van der Waals surface area contributed by atoms with E-state index in [1.807, 2.05) is 0 Å². The van der Waals surface area contributed by atoms with Crippen LogP contribution in [-0.4, -0.2) is 17.0 Å². The molecule has 1 aromatic rings. The highest BCUT2D eigenvalue weighted by Gasteiger charge is 2.29. The maximum absolute atomic E-state index is 12.2. The van der Waals surface area contributed by atoms with E-state index in [1.165, 1.54) is 61.9 Å². The predicted molar refractivity (Wildman–Crippen MR) is 106 cm³/mol. The van der Waals surface area contributed by atoms with Gasteiger partial charge in [-0.1, -0.05) is 52.4 Å². The van der Waals surface area contributed by atoms with Gasteiger partial charge < -0.3 is 15.6 Å². The summed E-state index contributed by atoms with van der Waals surface area (Å²) >= 11 is 0. The van der Waals surface area contributed by atoms with E-state index >= 15 is 0 Å². The van der Waals surface area contributed by atoms with Crippen LogP contribution in [0.2, 0.25) is 0 Å². The molecule has 0 saturated heterocycles. The lowest BCUT2D eigenvalue weighted by atomic mass is 9.92. The number of carbonyl (C=O) groups is 1. The molecule has 0 fully saturated rings. The molecule has 1 aromatic heterocycles. The molecule has 0 radical (unpaired) electrons. The fourth-order valence-electron chi connectivity index (χ4n) is 4.25. The molecule has 1 unspecified atom stereocenters. The van der Waals surface area contributed by atoms with Crippen molar-refractivity contribution in [1.82, 2.24) is 4.57 Å². The Kier molecular flexibility index (Phi) is 7.86. The van der Waals surface area contributed by atoms with Crippen molar-refractivity contribution >= 4 is 11.6 Å². The van der Waals surface area contributed by atoms with E-state index in [2.05, 4.69) is 30.7 Å². The summed E-state index contributed by atoms with van der Waals surface area (Å²) in [6.45, 7) is 8.45. The number of nitrogens with zero attached hydrogens (tertiary/aromatic N) is 1. The first-order valence-electron chi connectivity index (χ1n) is 10.4. The molecule has 2 heterocycles. The zero-order valence-electron chi connectivity index (χ0n) is 16.5. The molecule has 1 aliphatic heterocycles. The van der Waals surface area contributed by atoms with Crippen molar-refractivity contribution in [1.29, 1.82) is 0 Å². The summed E-state index contributed by atoms with van der Waals surface area (Å²) in [7, 11) is 0. The van der Waals surface area contributed by atoms with Crippen LogP contribution < -0.4 is 11.1 Å². The van der Waals surface area contributed by atoms with Crippen LogP contribution in [0.5, 0.6) is 0 Å². The maximum Gasteiger partial charge on any atom is 0.265 e. The second kappa shape index (κ2) is 9.88. The second-order valence-corrected chi connectivity index (χ2v) is 7.54. The van der Waals surface area contributed by atoms with Gasteiger partial charge in [-0.05, 0) is 38.5 Å². The summed E-state index contributed by atoms with van der Waals surface area (Å²) in [5.74, 6) is 0.109. The fraction of sp³-hybridized carbons (Fsp3) is 0.762. The van der Waals surface area contributed by atoms with Crippen LogP contribution in [0.3, 0.4) is 0 Å². The molecule has 2 rings (SSSR count). The standard InChI is InChI=1S/C21H37N3O/c1-4-6-7-8-9-10-13-16(3)18-19(23-5-2)17-14-11-12-15-24(17)20(18)21(22)25/h16,23H,4-15H2,1-3H3,(H2,22,25). The van der Waals surface area contributed by atoms with Gasteiger partial charge in [0.05, 0.1) is 5.69 Å². The van der Waals surface area contributed by atoms with Gasteiger partial charge >= 0.3 is 0 Å². The van der Waals surface area contributed by atoms with Gasteiger partial charge in [0.25, 0.3) is 5.91 Å². The summed E-state index contributed by atoms with van der Waals surface area (Å²) in [6, 6.07) is 0. The quantitative estimate of drug-likeness (QED) is 0.540. The molecular formula is C21H37N3O. The molecule has 0 aromatic carbocycles. The van der Waals surface area contributed by atoms with Gasteiger partial charge in [-0.15, -0.1) is 0 Å². The molecule has 3 N–H and O–H groups in total. The van der Waals surface area contributed by atoms with Crippen LogP contribution in [0.15, 0.2) is 0 Å². The lowest BCUT2D eigenvalue weighted by Gasteiger charge is -2.18. The minimum absolute atomic E-state index is 0.267. The fourth-order valence-corrected chi connectivity index (χ4v) is 4.25. The lowest BCUT2D eigenvalue weighted by molar-refractivity contribution is 0.0989. The molecule has 0 aliphatic carbocycles. The van der Waals surface area contributed by atoms with Gasteiger partial charge in [-0.3, -0.25) is 4.79 Å². The van der Waals surface area contributed by atoms with Crippen LogP contribution in [0.1, 0.15) is 106 Å². The first kappa shape index (κ1) is 19.9. The van der Waals surface area contributed by atoms with E-state index in [0.29, 0.717) is 5.92 Å². The Labute approximate surface area is 153 Å². The third-order valence-corrected chi connectivity index (χ3v) is 5.52. The first-order valence-corrected chi connectivity index (χ1v) is 10.4. The molecule has 4 heteroatoms. The van der Waals surface area contributed by atoms with Crippen molar-refractivity contribution in [3.05, 3.63) is 17.0 Å². The third kappa shape index (κ3) is 4.80. The molecule has 4 nitrogen and oxygen atoms in total. The smallest absolute Gasteiger partial charge is 0.265 e. The normalized spacial score (nSPS) is 15.0. The molecule has 0 bridgehead atoms. The number of nitrogens with one attached hydrogen (secondary N) is 1. The van der Waals surface area contributed by atoms with Gasteiger partial charge in [0.2, 0.25) is 0 Å². The topological polar surface area (TPSA) is 60.1 Å². The minimum atomic E-state index is -0.267. The molecule has 25 heavy (non-hydrogen) atoms. The Bertz CT molecular complexity index is 562. The van der Waals surface area contributed by atoms with E-state index < -0.39 is 0 Å². The van der Waals surface area contributed by atoms with Gasteiger partial charge in [-0.2, -0.15) is 0 Å². The average molecular weight is 348 g/mol. The van der Waals surface area contributed by atoms with Crippen LogP contribution in [0.25, 0.3) is 0 Å². The zero-order chi connectivity index (χ0) is 18.2. The summed E-state index contributed by atoms with van der Waals surface area (Å²) in [5.41, 5.74) is 10.3. The molecule has 142 valence electrons. The number of carbonyl (C=O) groups excluding carboxylic acids is 1. The van der Waals surface area contributed by atoms with Crippen LogP contribution >= 0.6 is 0 Å². The number of aromatic nitrogens is 1. The van der Waals surface area contributed by atoms with E-state index in [1.54, 1.807) is 0 Å². The highest BCUT2D eigenvalue weighted by molar-refractivity contribution is 5.95. The summed E-state index contributed by atoms with van der Waals surface area (Å²) in [6.07, 6.45) is 12.4. The second-order valence-electron chi connectivity index (χ2n) is 7.54. The van der Waals surface area contributed by atoms with E-state index in [-0.39, 0.29) is 5.91 Å². The highest BCUT2D eigenvalue weighted by Crippen LogP contribution is 2.39. The van der Waals surface area contributed by atoms with Gasteiger partial charge in [0.1, 0.15) is 5.69 Å². The number of primary amides is 1. The molecule has 1 atom stereocenters. The van der Waals surface area contributed by atoms with Crippen molar-refractivity contribution in [2.45, 2.75) is 97.4 Å². The number of amides is 1. The van der Waals surface area contributed by atoms with E-state index in [4.69, 9.17) is 5.73 Å². The Morgan fingerprint density at radius 1 is 1.16 bits per heavy atom. The Hall–Kier alpha value is -1.45. The van der Waals surface area contributed by atoms with Crippen molar-refractivity contribution < 1.29 is 4.79 Å². The first-order chi connectivity index (χ1) is 12.1. The average Bonchev–Trinajstić information content (AvgIpc) is 2.93. The van der Waals surface area contributed by atoms with Crippen molar-refractivity contribution in [3.8, 4) is 0 Å². The van der Waals surface area contributed by atoms with Crippen molar-refractivity contribution in [3.63, 3.8) is 0 Å². The Morgan fingerprint density at radius 3 is 2.56 bits per heavy atom. The Balaban J connectivity index is 2.16. The largest absolute Gasteiger partial charge is 0.384 e. The zero-order valence-corrected chi connectivity index (χ0v) is 16.5. The lowest BCUT2D eigenvalue weighted by Crippen LogP contribution is -2.22. The molecular weight excluding hydrogens is 310 g/mol. The van der Waals surface area contributed by atoms with E-state index in [9.17, 15) is 4.79 Å². The predicted octanol–water partition coefficient (Wildman–Crippen LogP) is 5.21. The van der Waals surface area contributed by atoms with Crippen LogP contribution in [0, 0.1) is 0 Å². The number of unbranched alkanes of at least 4 members (excludes halogenated alkanes) is 5. The SMILES string of the molecule is CCCCCCCCC(C)c1c(NCC)c2n(c1C(N)=O)CCCC2. The molecule has 1 amide bonds. The number of hydrogen-bond acceptors (Lipinski definition) is 2. The molecule has 0 spiro atoms. The van der Waals surface area contributed by atoms with Crippen LogP contribution in [0.4, 0.5) is 5.69 Å². The van der Waals surface area contributed by atoms with Crippen LogP contribution in [-0.2, 0) is 13.0 Å². The highest BCUT2D eigenvalue weighted by atomic mass is 16.1. The number of nitrogens with two attached hydrogens (primary N) is 1. The molecule has 1 aliphatic rings. The van der Waals surface area contributed by atoms with Gasteiger partial charge in [0.15, 0.2) is 0 Å². The Morgan fingerprint density at radius 2 is 1.88 bits per heavy atom. The summed E-state index contributed by atoms with van der Waals surface area (Å²) in [5, 5.41) is 3.55. The maximum atomic E-state index is 12.2. The summed E-state index contributed by atoms with van der Waals surface area (Å²) < 4.78 is 2.21. The number of hydrogen-bond donors (Lipinski definition) is 2. The molecule has 0 saturated carbocycles. The minimum Gasteiger partial charge on any atom is -0.384 e. The number of rotatable bonds is 11. The number of fused-ring (bicyclic) bond motifs is 1. The van der Waals surface area contributed by atoms with Gasteiger partial charge in [-0.25, -0.2) is 0 Å². The number of anilines is 1. The third-order valence-electron chi connectivity index (χ3n) is 5.52.